The molecule has 0 spiro atoms. The summed E-state index contributed by atoms with van der Waals surface area (Å²) in [6.45, 7) is 0. The molecule has 1 aromatic heterocycles. The number of aromatic nitrogens is 1. The minimum atomic E-state index is -0.411. The van der Waals surface area contributed by atoms with Gasteiger partial charge in [0.15, 0.2) is 5.13 Å². The zero-order valence-corrected chi connectivity index (χ0v) is 11.2. The molecule has 1 heterocycles. The highest BCUT2D eigenvalue weighted by Crippen LogP contribution is 2.33. The first-order valence-electron chi connectivity index (χ1n) is 5.50. The zero-order chi connectivity index (χ0) is 13.4. The van der Waals surface area contributed by atoms with E-state index in [9.17, 15) is 4.39 Å². The van der Waals surface area contributed by atoms with Crippen molar-refractivity contribution in [2.45, 2.75) is 0 Å². The van der Waals surface area contributed by atoms with Crippen LogP contribution in [0.15, 0.2) is 36.4 Å². The molecular formula is C13H9ClFN3S. The van der Waals surface area contributed by atoms with Gasteiger partial charge in [0.05, 0.1) is 20.9 Å². The molecule has 2 aromatic carbocycles. The Morgan fingerprint density at radius 3 is 2.89 bits per heavy atom. The van der Waals surface area contributed by atoms with E-state index in [1.54, 1.807) is 18.2 Å². The molecule has 0 saturated heterocycles. The second-order valence-corrected chi connectivity index (χ2v) is 5.41. The van der Waals surface area contributed by atoms with Gasteiger partial charge >= 0.3 is 0 Å². The minimum absolute atomic E-state index is 0.233. The van der Waals surface area contributed by atoms with E-state index in [4.69, 9.17) is 17.3 Å². The largest absolute Gasteiger partial charge is 0.399 e. The predicted molar refractivity (Wildman–Crippen MR) is 78.7 cm³/mol. The Balaban J connectivity index is 2.01. The zero-order valence-electron chi connectivity index (χ0n) is 9.65. The summed E-state index contributed by atoms with van der Waals surface area (Å²) in [5.74, 6) is -0.411. The number of nitrogens with zero attached hydrogens (tertiary/aromatic N) is 1. The first-order chi connectivity index (χ1) is 9.13. The quantitative estimate of drug-likeness (QED) is 0.688. The van der Waals surface area contributed by atoms with Crippen molar-refractivity contribution in [1.29, 1.82) is 0 Å². The molecule has 3 aromatic rings. The number of nitrogen functional groups attached to an aromatic ring is 1. The molecule has 0 bridgehead atoms. The highest BCUT2D eigenvalue weighted by molar-refractivity contribution is 7.22. The molecule has 96 valence electrons. The standard InChI is InChI=1S/C13H9ClFN3S/c14-8-2-1-3-9(15)12(8)18-13-17-10-5-4-7(16)6-11(10)19-13/h1-6H,16H2,(H,17,18). The van der Waals surface area contributed by atoms with Crippen LogP contribution in [0.1, 0.15) is 0 Å². The molecule has 6 heteroatoms. The van der Waals surface area contributed by atoms with E-state index < -0.39 is 5.82 Å². The van der Waals surface area contributed by atoms with Gasteiger partial charge in [-0.2, -0.15) is 0 Å². The number of fused-ring (bicyclic) bond motifs is 1. The van der Waals surface area contributed by atoms with Crippen molar-refractivity contribution >= 4 is 49.7 Å². The number of para-hydroxylation sites is 1. The van der Waals surface area contributed by atoms with Crippen LogP contribution in [0.5, 0.6) is 0 Å². The fourth-order valence-electron chi connectivity index (χ4n) is 1.72. The van der Waals surface area contributed by atoms with Gasteiger partial charge in [0.25, 0.3) is 0 Å². The lowest BCUT2D eigenvalue weighted by atomic mass is 10.3. The van der Waals surface area contributed by atoms with E-state index in [0.29, 0.717) is 15.8 Å². The molecule has 0 aliphatic heterocycles. The van der Waals surface area contributed by atoms with Gasteiger partial charge in [-0.05, 0) is 30.3 Å². The Morgan fingerprint density at radius 1 is 1.26 bits per heavy atom. The van der Waals surface area contributed by atoms with Gasteiger partial charge in [-0.3, -0.25) is 0 Å². The summed E-state index contributed by atoms with van der Waals surface area (Å²) < 4.78 is 14.6. The fourth-order valence-corrected chi connectivity index (χ4v) is 2.85. The smallest absolute Gasteiger partial charge is 0.188 e. The fraction of sp³-hybridized carbons (Fsp3) is 0. The summed E-state index contributed by atoms with van der Waals surface area (Å²) >= 11 is 7.35. The third-order valence-corrected chi connectivity index (χ3v) is 3.86. The van der Waals surface area contributed by atoms with Crippen molar-refractivity contribution in [3.05, 3.63) is 47.2 Å². The van der Waals surface area contributed by atoms with Crippen molar-refractivity contribution in [2.75, 3.05) is 11.1 Å². The van der Waals surface area contributed by atoms with Crippen LogP contribution in [0.25, 0.3) is 10.2 Å². The maximum absolute atomic E-state index is 13.7. The minimum Gasteiger partial charge on any atom is -0.399 e. The maximum atomic E-state index is 13.7. The number of hydrogen-bond donors (Lipinski definition) is 2. The average molecular weight is 294 g/mol. The predicted octanol–water partition coefficient (Wildman–Crippen LogP) is 4.41. The number of nitrogens with one attached hydrogen (secondary N) is 1. The van der Waals surface area contributed by atoms with E-state index in [0.717, 1.165) is 10.2 Å². The molecule has 3 rings (SSSR count). The lowest BCUT2D eigenvalue weighted by Crippen LogP contribution is -1.93. The summed E-state index contributed by atoms with van der Waals surface area (Å²) in [5.41, 5.74) is 7.43. The van der Waals surface area contributed by atoms with Gasteiger partial charge in [0.2, 0.25) is 0 Å². The molecule has 0 saturated carbocycles. The number of nitrogens with two attached hydrogens (primary N) is 1. The Kier molecular flexibility index (Phi) is 3.00. The average Bonchev–Trinajstić information content (AvgIpc) is 2.75. The Morgan fingerprint density at radius 2 is 2.11 bits per heavy atom. The van der Waals surface area contributed by atoms with Crippen LogP contribution >= 0.6 is 22.9 Å². The molecule has 19 heavy (non-hydrogen) atoms. The van der Waals surface area contributed by atoms with Crippen LogP contribution < -0.4 is 11.1 Å². The lowest BCUT2D eigenvalue weighted by molar-refractivity contribution is 0.632. The van der Waals surface area contributed by atoms with Crippen LogP contribution in [0, 0.1) is 5.82 Å². The highest BCUT2D eigenvalue weighted by atomic mass is 35.5. The van der Waals surface area contributed by atoms with Crippen LogP contribution in [-0.2, 0) is 0 Å². The molecule has 0 aliphatic rings. The molecule has 0 unspecified atom stereocenters. The van der Waals surface area contributed by atoms with Gasteiger partial charge in [0, 0.05) is 5.69 Å². The first kappa shape index (κ1) is 12.2. The molecule has 0 radical (unpaired) electrons. The number of anilines is 3. The number of rotatable bonds is 2. The van der Waals surface area contributed by atoms with Crippen LogP contribution in [-0.4, -0.2) is 4.98 Å². The van der Waals surface area contributed by atoms with E-state index in [1.165, 1.54) is 17.4 Å². The third kappa shape index (κ3) is 2.34. The van der Waals surface area contributed by atoms with E-state index >= 15 is 0 Å². The van der Waals surface area contributed by atoms with Crippen molar-refractivity contribution < 1.29 is 4.39 Å². The van der Waals surface area contributed by atoms with Gasteiger partial charge in [-0.25, -0.2) is 9.37 Å². The Labute approximate surface area is 117 Å². The highest BCUT2D eigenvalue weighted by Gasteiger charge is 2.10. The van der Waals surface area contributed by atoms with Crippen LogP contribution in [0.4, 0.5) is 20.9 Å². The van der Waals surface area contributed by atoms with Gasteiger partial charge in [0.1, 0.15) is 5.82 Å². The molecule has 0 atom stereocenters. The van der Waals surface area contributed by atoms with Gasteiger partial charge in [-0.15, -0.1) is 0 Å². The summed E-state index contributed by atoms with van der Waals surface area (Å²) in [6.07, 6.45) is 0. The molecular weight excluding hydrogens is 285 g/mol. The number of thiazole rings is 1. The lowest BCUT2D eigenvalue weighted by Gasteiger charge is -2.05. The molecule has 0 amide bonds. The molecule has 0 aliphatic carbocycles. The monoisotopic (exact) mass is 293 g/mol. The van der Waals surface area contributed by atoms with Crippen molar-refractivity contribution in [3.63, 3.8) is 0 Å². The van der Waals surface area contributed by atoms with E-state index in [2.05, 4.69) is 10.3 Å². The first-order valence-corrected chi connectivity index (χ1v) is 6.70. The number of hydrogen-bond acceptors (Lipinski definition) is 4. The van der Waals surface area contributed by atoms with Crippen LogP contribution in [0.3, 0.4) is 0 Å². The van der Waals surface area contributed by atoms with Gasteiger partial charge in [-0.1, -0.05) is 29.0 Å². The second kappa shape index (κ2) is 4.68. The van der Waals surface area contributed by atoms with E-state index in [1.807, 2.05) is 12.1 Å². The molecule has 0 fully saturated rings. The topological polar surface area (TPSA) is 50.9 Å². The summed E-state index contributed by atoms with van der Waals surface area (Å²) in [4.78, 5) is 4.36. The number of benzene rings is 2. The second-order valence-electron chi connectivity index (χ2n) is 3.97. The summed E-state index contributed by atoms with van der Waals surface area (Å²) in [7, 11) is 0. The van der Waals surface area contributed by atoms with Crippen LogP contribution in [0.2, 0.25) is 5.02 Å². The molecule has 3 N–H and O–H groups in total. The van der Waals surface area contributed by atoms with Crippen molar-refractivity contribution in [3.8, 4) is 0 Å². The normalized spacial score (nSPS) is 10.8. The third-order valence-electron chi connectivity index (χ3n) is 2.61. The van der Waals surface area contributed by atoms with Gasteiger partial charge < -0.3 is 11.1 Å². The SMILES string of the molecule is Nc1ccc2nc(Nc3c(F)cccc3Cl)sc2c1. The Hall–Kier alpha value is -1.85. The van der Waals surface area contributed by atoms with Crippen molar-refractivity contribution in [2.24, 2.45) is 0 Å². The molecule has 3 nitrogen and oxygen atoms in total. The Bertz CT molecular complexity index is 736. The van der Waals surface area contributed by atoms with Crippen molar-refractivity contribution in [1.82, 2.24) is 4.98 Å². The summed E-state index contributed by atoms with van der Waals surface area (Å²) in [6, 6.07) is 9.97. The summed E-state index contributed by atoms with van der Waals surface area (Å²) in [5, 5.41) is 3.80. The number of halogens is 2. The maximum Gasteiger partial charge on any atom is 0.188 e. The van der Waals surface area contributed by atoms with E-state index in [-0.39, 0.29) is 5.69 Å².